The van der Waals surface area contributed by atoms with E-state index in [1.54, 1.807) is 0 Å². The highest BCUT2D eigenvalue weighted by molar-refractivity contribution is 5.34. The molecular formula is C12H14N2. The van der Waals surface area contributed by atoms with Crippen molar-refractivity contribution in [3.8, 4) is 6.07 Å². The number of nitriles is 1. The van der Waals surface area contributed by atoms with Crippen molar-refractivity contribution in [1.82, 2.24) is 4.90 Å². The Labute approximate surface area is 84.8 Å². The van der Waals surface area contributed by atoms with Crippen LogP contribution in [0, 0.1) is 11.3 Å². The van der Waals surface area contributed by atoms with E-state index in [0.717, 1.165) is 19.5 Å². The highest BCUT2D eigenvalue weighted by Gasteiger charge is 2.14. The quantitative estimate of drug-likeness (QED) is 0.707. The largest absolute Gasteiger partial charge is 0.298 e. The van der Waals surface area contributed by atoms with Crippen LogP contribution in [-0.2, 0) is 19.5 Å². The molecule has 0 atom stereocenters. The summed E-state index contributed by atoms with van der Waals surface area (Å²) in [7, 11) is 2.13. The standard InChI is InChI=1S/C12H14N2/c1-14-8-11-5-4-10(3-2-6-13)7-12(11)9-14/h4-5,7H,2-3,8-9H2,1H3. The van der Waals surface area contributed by atoms with E-state index in [2.05, 4.69) is 36.2 Å². The van der Waals surface area contributed by atoms with Crippen molar-refractivity contribution < 1.29 is 0 Å². The zero-order valence-electron chi connectivity index (χ0n) is 8.45. The molecule has 1 aliphatic heterocycles. The van der Waals surface area contributed by atoms with Gasteiger partial charge in [0.25, 0.3) is 0 Å². The van der Waals surface area contributed by atoms with E-state index in [9.17, 15) is 0 Å². The third kappa shape index (κ3) is 1.78. The van der Waals surface area contributed by atoms with E-state index in [1.165, 1.54) is 16.7 Å². The number of benzene rings is 1. The van der Waals surface area contributed by atoms with Crippen LogP contribution in [0.3, 0.4) is 0 Å². The molecule has 0 N–H and O–H groups in total. The first-order valence-corrected chi connectivity index (χ1v) is 4.96. The summed E-state index contributed by atoms with van der Waals surface area (Å²) >= 11 is 0. The van der Waals surface area contributed by atoms with Crippen molar-refractivity contribution >= 4 is 0 Å². The molecule has 0 aromatic heterocycles. The van der Waals surface area contributed by atoms with E-state index < -0.39 is 0 Å². The third-order valence-corrected chi connectivity index (χ3v) is 2.68. The van der Waals surface area contributed by atoms with Crippen LogP contribution >= 0.6 is 0 Å². The van der Waals surface area contributed by atoms with Crippen LogP contribution in [0.25, 0.3) is 0 Å². The Hall–Kier alpha value is -1.33. The number of hydrogen-bond donors (Lipinski definition) is 0. The molecule has 1 aromatic carbocycles. The molecule has 1 aromatic rings. The van der Waals surface area contributed by atoms with Crippen molar-refractivity contribution in [2.45, 2.75) is 25.9 Å². The average Bonchev–Trinajstić information content (AvgIpc) is 2.54. The summed E-state index contributed by atoms with van der Waals surface area (Å²) in [5.41, 5.74) is 4.16. The minimum atomic E-state index is 0.620. The minimum absolute atomic E-state index is 0.620. The molecule has 2 nitrogen and oxygen atoms in total. The van der Waals surface area contributed by atoms with Crippen molar-refractivity contribution in [3.63, 3.8) is 0 Å². The van der Waals surface area contributed by atoms with Gasteiger partial charge in [0.1, 0.15) is 0 Å². The van der Waals surface area contributed by atoms with Crippen LogP contribution in [0.1, 0.15) is 23.1 Å². The van der Waals surface area contributed by atoms with E-state index >= 15 is 0 Å². The fraction of sp³-hybridized carbons (Fsp3) is 0.417. The molecule has 0 fully saturated rings. The topological polar surface area (TPSA) is 27.0 Å². The van der Waals surface area contributed by atoms with E-state index in [-0.39, 0.29) is 0 Å². The van der Waals surface area contributed by atoms with E-state index in [1.807, 2.05) is 0 Å². The van der Waals surface area contributed by atoms with Gasteiger partial charge in [-0.2, -0.15) is 5.26 Å². The molecule has 1 aliphatic rings. The molecule has 72 valence electrons. The smallest absolute Gasteiger partial charge is 0.0625 e. The molecule has 0 amide bonds. The van der Waals surface area contributed by atoms with Crippen LogP contribution in [0.5, 0.6) is 0 Å². The number of hydrogen-bond acceptors (Lipinski definition) is 2. The van der Waals surface area contributed by atoms with E-state index in [4.69, 9.17) is 5.26 Å². The van der Waals surface area contributed by atoms with Crippen molar-refractivity contribution in [1.29, 1.82) is 5.26 Å². The lowest BCUT2D eigenvalue weighted by molar-refractivity contribution is 0.353. The second-order valence-electron chi connectivity index (χ2n) is 3.93. The maximum atomic E-state index is 8.50. The monoisotopic (exact) mass is 186 g/mol. The Bertz CT molecular complexity index is 376. The van der Waals surface area contributed by atoms with Gasteiger partial charge >= 0.3 is 0 Å². The van der Waals surface area contributed by atoms with Gasteiger partial charge in [-0.1, -0.05) is 18.2 Å². The first kappa shape index (κ1) is 9.23. The lowest BCUT2D eigenvalue weighted by atomic mass is 10.0. The first-order valence-electron chi connectivity index (χ1n) is 4.96. The van der Waals surface area contributed by atoms with Crippen LogP contribution in [-0.4, -0.2) is 11.9 Å². The predicted octanol–water partition coefficient (Wildman–Crippen LogP) is 2.09. The van der Waals surface area contributed by atoms with Crippen LogP contribution in [0.15, 0.2) is 18.2 Å². The van der Waals surface area contributed by atoms with Gasteiger partial charge < -0.3 is 0 Å². The molecule has 0 saturated carbocycles. The van der Waals surface area contributed by atoms with Crippen LogP contribution in [0.2, 0.25) is 0 Å². The normalized spacial score (nSPS) is 15.1. The van der Waals surface area contributed by atoms with Gasteiger partial charge in [-0.3, -0.25) is 4.90 Å². The summed E-state index contributed by atoms with van der Waals surface area (Å²) in [5.74, 6) is 0. The maximum Gasteiger partial charge on any atom is 0.0625 e. The summed E-state index contributed by atoms with van der Waals surface area (Å²) in [6, 6.07) is 8.78. The Morgan fingerprint density at radius 2 is 2.14 bits per heavy atom. The lowest BCUT2D eigenvalue weighted by Crippen LogP contribution is -2.07. The van der Waals surface area contributed by atoms with Gasteiger partial charge in [0.05, 0.1) is 6.07 Å². The third-order valence-electron chi connectivity index (χ3n) is 2.68. The maximum absolute atomic E-state index is 8.50. The van der Waals surface area contributed by atoms with Crippen molar-refractivity contribution in [2.24, 2.45) is 0 Å². The van der Waals surface area contributed by atoms with Crippen molar-refractivity contribution in [2.75, 3.05) is 7.05 Å². The summed E-state index contributed by atoms with van der Waals surface area (Å²) in [6.45, 7) is 2.11. The molecule has 0 bridgehead atoms. The zero-order valence-corrected chi connectivity index (χ0v) is 8.45. The Kier molecular flexibility index (Phi) is 2.51. The van der Waals surface area contributed by atoms with Gasteiger partial charge in [0.2, 0.25) is 0 Å². The molecule has 1 heterocycles. The van der Waals surface area contributed by atoms with Crippen LogP contribution in [0.4, 0.5) is 0 Å². The molecule has 2 rings (SSSR count). The van der Waals surface area contributed by atoms with Gasteiger partial charge in [-0.25, -0.2) is 0 Å². The van der Waals surface area contributed by atoms with Crippen LogP contribution < -0.4 is 0 Å². The Balaban J connectivity index is 2.17. The fourth-order valence-corrected chi connectivity index (χ4v) is 1.97. The van der Waals surface area contributed by atoms with Gasteiger partial charge in [0, 0.05) is 19.5 Å². The van der Waals surface area contributed by atoms with Gasteiger partial charge in [-0.05, 0) is 30.2 Å². The summed E-state index contributed by atoms with van der Waals surface area (Å²) in [6.07, 6.45) is 1.50. The summed E-state index contributed by atoms with van der Waals surface area (Å²) < 4.78 is 0. The SMILES string of the molecule is CN1Cc2ccc(CCC#N)cc2C1. The highest BCUT2D eigenvalue weighted by Crippen LogP contribution is 2.22. The predicted molar refractivity (Wildman–Crippen MR) is 55.5 cm³/mol. The molecule has 0 spiro atoms. The minimum Gasteiger partial charge on any atom is -0.298 e. The highest BCUT2D eigenvalue weighted by atomic mass is 15.1. The Morgan fingerprint density at radius 1 is 1.36 bits per heavy atom. The average molecular weight is 186 g/mol. The number of fused-ring (bicyclic) bond motifs is 1. The van der Waals surface area contributed by atoms with E-state index in [0.29, 0.717) is 6.42 Å². The Morgan fingerprint density at radius 3 is 2.93 bits per heavy atom. The second kappa shape index (κ2) is 3.81. The zero-order chi connectivity index (χ0) is 9.97. The molecular weight excluding hydrogens is 172 g/mol. The molecule has 0 radical (unpaired) electrons. The number of rotatable bonds is 2. The van der Waals surface area contributed by atoms with Gasteiger partial charge in [-0.15, -0.1) is 0 Å². The fourth-order valence-electron chi connectivity index (χ4n) is 1.97. The molecule has 0 saturated heterocycles. The summed E-state index contributed by atoms with van der Waals surface area (Å²) in [5, 5.41) is 8.50. The molecule has 0 unspecified atom stereocenters. The molecule has 14 heavy (non-hydrogen) atoms. The van der Waals surface area contributed by atoms with Crippen molar-refractivity contribution in [3.05, 3.63) is 34.9 Å². The lowest BCUT2D eigenvalue weighted by Gasteiger charge is -2.02. The number of nitrogens with zero attached hydrogens (tertiary/aromatic N) is 2. The molecule has 0 aliphatic carbocycles. The number of aryl methyl sites for hydroxylation is 1. The molecule has 2 heteroatoms. The first-order chi connectivity index (χ1) is 6.79. The van der Waals surface area contributed by atoms with Gasteiger partial charge in [0.15, 0.2) is 0 Å². The summed E-state index contributed by atoms with van der Waals surface area (Å²) in [4.78, 5) is 2.30. The second-order valence-corrected chi connectivity index (χ2v) is 3.93.